The van der Waals surface area contributed by atoms with Gasteiger partial charge in [0.2, 0.25) is 0 Å². The molecule has 0 unspecified atom stereocenters. The van der Waals surface area contributed by atoms with E-state index in [0.717, 1.165) is 11.3 Å². The molecule has 0 amide bonds. The summed E-state index contributed by atoms with van der Waals surface area (Å²) < 4.78 is 10.9. The number of nitrogens with two attached hydrogens (primary N) is 1. The van der Waals surface area contributed by atoms with Gasteiger partial charge in [0.05, 0.1) is 7.11 Å². The minimum atomic E-state index is 0.341. The second-order valence-corrected chi connectivity index (χ2v) is 3.74. The molecule has 0 atom stereocenters. The van der Waals surface area contributed by atoms with Gasteiger partial charge in [0.1, 0.15) is 10.2 Å². The molecule has 15 heavy (non-hydrogen) atoms. The van der Waals surface area contributed by atoms with Crippen LogP contribution in [-0.2, 0) is 0 Å². The summed E-state index contributed by atoms with van der Waals surface area (Å²) >= 11 is 3.31. The molecular formula is C10H9BrN2O2. The Hall–Kier alpha value is -1.49. The average molecular weight is 269 g/mol. The van der Waals surface area contributed by atoms with Crippen molar-refractivity contribution < 1.29 is 9.26 Å². The molecule has 1 aromatic heterocycles. The number of hydrogen-bond acceptors (Lipinski definition) is 4. The van der Waals surface area contributed by atoms with Crippen molar-refractivity contribution in [3.05, 3.63) is 28.7 Å². The molecule has 2 N–H and O–H groups in total. The van der Waals surface area contributed by atoms with Crippen molar-refractivity contribution in [2.45, 2.75) is 0 Å². The summed E-state index contributed by atoms with van der Waals surface area (Å²) in [5, 5.41) is 3.66. The van der Waals surface area contributed by atoms with Crippen LogP contribution in [0.5, 0.6) is 5.75 Å². The Labute approximate surface area is 95.1 Å². The van der Waals surface area contributed by atoms with Crippen LogP contribution in [0.15, 0.2) is 33.3 Å². The standard InChI is InChI=1S/C10H9BrN2O2/c1-14-7-4-2-3-6(5-7)9-8(11)10(12)13-15-9/h2-5H,1H3,(H2,12,13). The number of halogens is 1. The number of aromatic nitrogens is 1. The Morgan fingerprint density at radius 3 is 2.87 bits per heavy atom. The maximum atomic E-state index is 5.57. The normalized spacial score (nSPS) is 10.3. The fraction of sp³-hybridized carbons (Fsp3) is 0.100. The van der Waals surface area contributed by atoms with Crippen LogP contribution in [0.1, 0.15) is 0 Å². The van der Waals surface area contributed by atoms with Crippen molar-refractivity contribution in [2.24, 2.45) is 0 Å². The van der Waals surface area contributed by atoms with E-state index in [1.54, 1.807) is 7.11 Å². The topological polar surface area (TPSA) is 61.3 Å². The predicted octanol–water partition coefficient (Wildman–Crippen LogP) is 2.69. The fourth-order valence-corrected chi connectivity index (χ4v) is 1.61. The van der Waals surface area contributed by atoms with Gasteiger partial charge in [-0.15, -0.1) is 0 Å². The first-order valence-corrected chi connectivity index (χ1v) is 5.06. The number of ether oxygens (including phenoxy) is 1. The molecule has 0 radical (unpaired) electrons. The molecule has 78 valence electrons. The highest BCUT2D eigenvalue weighted by Crippen LogP contribution is 2.33. The quantitative estimate of drug-likeness (QED) is 0.910. The third-order valence-electron chi connectivity index (χ3n) is 1.99. The Morgan fingerprint density at radius 2 is 2.27 bits per heavy atom. The number of nitrogen functional groups attached to an aromatic ring is 1. The lowest BCUT2D eigenvalue weighted by atomic mass is 10.1. The van der Waals surface area contributed by atoms with Crippen molar-refractivity contribution in [2.75, 3.05) is 12.8 Å². The van der Waals surface area contributed by atoms with E-state index in [0.29, 0.717) is 16.1 Å². The van der Waals surface area contributed by atoms with E-state index in [9.17, 15) is 0 Å². The second-order valence-electron chi connectivity index (χ2n) is 2.94. The van der Waals surface area contributed by atoms with Crippen LogP contribution in [0, 0.1) is 0 Å². The largest absolute Gasteiger partial charge is 0.497 e. The monoisotopic (exact) mass is 268 g/mol. The van der Waals surface area contributed by atoms with E-state index in [1.807, 2.05) is 24.3 Å². The number of benzene rings is 1. The molecule has 0 aliphatic carbocycles. The molecule has 1 heterocycles. The number of anilines is 1. The van der Waals surface area contributed by atoms with Crippen molar-refractivity contribution >= 4 is 21.7 Å². The summed E-state index contributed by atoms with van der Waals surface area (Å²) in [5.41, 5.74) is 6.43. The Bertz CT molecular complexity index is 482. The first-order chi connectivity index (χ1) is 7.22. The molecule has 2 rings (SSSR count). The molecule has 0 aliphatic heterocycles. The van der Waals surface area contributed by atoms with Crippen molar-refractivity contribution in [1.82, 2.24) is 5.16 Å². The van der Waals surface area contributed by atoms with Crippen LogP contribution in [0.3, 0.4) is 0 Å². The lowest BCUT2D eigenvalue weighted by molar-refractivity contribution is 0.413. The third-order valence-corrected chi connectivity index (χ3v) is 2.76. The minimum absolute atomic E-state index is 0.341. The summed E-state index contributed by atoms with van der Waals surface area (Å²) in [6.07, 6.45) is 0. The third kappa shape index (κ3) is 1.83. The first kappa shape index (κ1) is 10.0. The van der Waals surface area contributed by atoms with Crippen LogP contribution < -0.4 is 10.5 Å². The summed E-state index contributed by atoms with van der Waals surface area (Å²) in [6.45, 7) is 0. The molecule has 2 aromatic rings. The van der Waals surface area contributed by atoms with Gasteiger partial charge in [0.15, 0.2) is 11.6 Å². The molecule has 0 saturated carbocycles. The summed E-state index contributed by atoms with van der Waals surface area (Å²) in [4.78, 5) is 0. The van der Waals surface area contributed by atoms with Gasteiger partial charge in [0, 0.05) is 5.56 Å². The van der Waals surface area contributed by atoms with Crippen molar-refractivity contribution in [1.29, 1.82) is 0 Å². The SMILES string of the molecule is COc1cccc(-c2onc(N)c2Br)c1. The Kier molecular flexibility index (Phi) is 2.64. The lowest BCUT2D eigenvalue weighted by Crippen LogP contribution is -1.84. The molecular weight excluding hydrogens is 260 g/mol. The van der Waals surface area contributed by atoms with E-state index in [4.69, 9.17) is 15.0 Å². The highest BCUT2D eigenvalue weighted by Gasteiger charge is 2.13. The molecule has 0 saturated heterocycles. The maximum Gasteiger partial charge on any atom is 0.183 e. The summed E-state index contributed by atoms with van der Waals surface area (Å²) in [5.74, 6) is 1.70. The molecule has 0 spiro atoms. The summed E-state index contributed by atoms with van der Waals surface area (Å²) in [6, 6.07) is 7.48. The molecule has 0 fully saturated rings. The van der Waals surface area contributed by atoms with Crippen LogP contribution in [0.4, 0.5) is 5.82 Å². The molecule has 4 nitrogen and oxygen atoms in total. The van der Waals surface area contributed by atoms with E-state index in [1.165, 1.54) is 0 Å². The maximum absolute atomic E-state index is 5.57. The second kappa shape index (κ2) is 3.94. The Balaban J connectivity index is 2.49. The van der Waals surface area contributed by atoms with Crippen molar-refractivity contribution in [3.8, 4) is 17.1 Å². The molecule has 0 bridgehead atoms. The zero-order valence-corrected chi connectivity index (χ0v) is 9.61. The number of nitrogens with zero attached hydrogens (tertiary/aromatic N) is 1. The van der Waals surface area contributed by atoms with Gasteiger partial charge in [-0.3, -0.25) is 0 Å². The van der Waals surface area contributed by atoms with E-state index < -0.39 is 0 Å². The lowest BCUT2D eigenvalue weighted by Gasteiger charge is -2.01. The summed E-state index contributed by atoms with van der Waals surface area (Å²) in [7, 11) is 1.61. The first-order valence-electron chi connectivity index (χ1n) is 4.27. The van der Waals surface area contributed by atoms with Gasteiger partial charge < -0.3 is 15.0 Å². The van der Waals surface area contributed by atoms with Gasteiger partial charge in [-0.25, -0.2) is 0 Å². The van der Waals surface area contributed by atoms with Crippen LogP contribution >= 0.6 is 15.9 Å². The minimum Gasteiger partial charge on any atom is -0.497 e. The highest BCUT2D eigenvalue weighted by molar-refractivity contribution is 9.10. The molecule has 0 aliphatic rings. The Morgan fingerprint density at radius 1 is 1.47 bits per heavy atom. The van der Waals surface area contributed by atoms with E-state index in [-0.39, 0.29) is 0 Å². The van der Waals surface area contributed by atoms with E-state index in [2.05, 4.69) is 21.1 Å². The average Bonchev–Trinajstić information content (AvgIpc) is 2.60. The van der Waals surface area contributed by atoms with Gasteiger partial charge in [-0.2, -0.15) is 0 Å². The fourth-order valence-electron chi connectivity index (χ4n) is 1.24. The number of rotatable bonds is 2. The predicted molar refractivity (Wildman–Crippen MR) is 60.6 cm³/mol. The smallest absolute Gasteiger partial charge is 0.183 e. The van der Waals surface area contributed by atoms with Gasteiger partial charge in [0.25, 0.3) is 0 Å². The molecule has 5 heteroatoms. The van der Waals surface area contributed by atoms with Crippen LogP contribution in [0.25, 0.3) is 11.3 Å². The van der Waals surface area contributed by atoms with Crippen LogP contribution in [0.2, 0.25) is 0 Å². The highest BCUT2D eigenvalue weighted by atomic mass is 79.9. The van der Waals surface area contributed by atoms with Crippen molar-refractivity contribution in [3.63, 3.8) is 0 Å². The van der Waals surface area contributed by atoms with Crippen LogP contribution in [-0.4, -0.2) is 12.3 Å². The molecule has 1 aromatic carbocycles. The number of methoxy groups -OCH3 is 1. The van der Waals surface area contributed by atoms with Gasteiger partial charge in [-0.1, -0.05) is 17.3 Å². The van der Waals surface area contributed by atoms with Gasteiger partial charge in [-0.05, 0) is 28.1 Å². The van der Waals surface area contributed by atoms with Gasteiger partial charge >= 0.3 is 0 Å². The van der Waals surface area contributed by atoms with E-state index >= 15 is 0 Å². The number of hydrogen-bond donors (Lipinski definition) is 1. The zero-order valence-electron chi connectivity index (χ0n) is 8.03. The zero-order chi connectivity index (χ0) is 10.8.